The van der Waals surface area contributed by atoms with Gasteiger partial charge in [0.25, 0.3) is 0 Å². The number of ether oxygens (including phenoxy) is 2. The molecule has 0 radical (unpaired) electrons. The molecule has 5 nitrogen and oxygen atoms in total. The summed E-state index contributed by atoms with van der Waals surface area (Å²) >= 11 is 6.00. The van der Waals surface area contributed by atoms with Gasteiger partial charge in [-0.25, -0.2) is 18.6 Å². The van der Waals surface area contributed by atoms with Crippen molar-refractivity contribution in [1.82, 2.24) is 4.98 Å². The smallest absolute Gasteiger partial charge is 0.338 e. The van der Waals surface area contributed by atoms with E-state index in [1.807, 2.05) is 13.8 Å². The lowest BCUT2D eigenvalue weighted by atomic mass is 10.1. The summed E-state index contributed by atoms with van der Waals surface area (Å²) in [7, 11) is 0. The fourth-order valence-electron chi connectivity index (χ4n) is 1.82. The molecule has 128 valence electrons. The predicted molar refractivity (Wildman–Crippen MR) is 82.7 cm³/mol. The highest BCUT2D eigenvalue weighted by Gasteiger charge is 2.16. The van der Waals surface area contributed by atoms with Crippen LogP contribution in [-0.2, 0) is 6.61 Å². The molecule has 0 spiro atoms. The number of hydrogen-bond acceptors (Lipinski definition) is 4. The van der Waals surface area contributed by atoms with E-state index in [9.17, 15) is 13.6 Å². The van der Waals surface area contributed by atoms with Gasteiger partial charge >= 0.3 is 5.97 Å². The summed E-state index contributed by atoms with van der Waals surface area (Å²) in [6.45, 7) is 3.33. The molecule has 8 heteroatoms. The standard InChI is InChI=1S/C16H14ClF2NO4/c1-8(2)24-15-12(17)4-10(6-20-15)23-7-9-3-14(19)11(16(21)22)5-13(9)18/h3-6,8H,7H2,1-2H3,(H,21,22). The second-order valence-electron chi connectivity index (χ2n) is 5.14. The van der Waals surface area contributed by atoms with E-state index in [1.165, 1.54) is 12.3 Å². The number of carboxylic acids is 1. The highest BCUT2D eigenvalue weighted by molar-refractivity contribution is 6.31. The third-order valence-electron chi connectivity index (χ3n) is 2.89. The molecule has 0 aliphatic heterocycles. The highest BCUT2D eigenvalue weighted by Crippen LogP contribution is 2.27. The van der Waals surface area contributed by atoms with E-state index >= 15 is 0 Å². The van der Waals surface area contributed by atoms with Crippen LogP contribution in [0.4, 0.5) is 8.78 Å². The van der Waals surface area contributed by atoms with Crippen molar-refractivity contribution in [2.45, 2.75) is 26.6 Å². The molecule has 0 fully saturated rings. The third-order valence-corrected chi connectivity index (χ3v) is 3.16. The Morgan fingerprint density at radius 2 is 2.00 bits per heavy atom. The van der Waals surface area contributed by atoms with Crippen molar-refractivity contribution >= 4 is 17.6 Å². The molecular weight excluding hydrogens is 344 g/mol. The van der Waals surface area contributed by atoms with Crippen LogP contribution < -0.4 is 9.47 Å². The number of carboxylic acid groups (broad SMARTS) is 1. The second-order valence-corrected chi connectivity index (χ2v) is 5.55. The Balaban J connectivity index is 2.12. The lowest BCUT2D eigenvalue weighted by molar-refractivity contribution is 0.0691. The van der Waals surface area contributed by atoms with Crippen molar-refractivity contribution in [2.24, 2.45) is 0 Å². The Morgan fingerprint density at radius 1 is 1.29 bits per heavy atom. The molecule has 0 saturated carbocycles. The fourth-order valence-corrected chi connectivity index (χ4v) is 2.02. The Hall–Kier alpha value is -2.41. The Labute approximate surface area is 141 Å². The van der Waals surface area contributed by atoms with Gasteiger partial charge < -0.3 is 14.6 Å². The van der Waals surface area contributed by atoms with E-state index in [1.54, 1.807) is 0 Å². The zero-order valence-electron chi connectivity index (χ0n) is 12.8. The summed E-state index contributed by atoms with van der Waals surface area (Å²) in [5.74, 6) is -3.00. The fraction of sp³-hybridized carbons (Fsp3) is 0.250. The maximum Gasteiger partial charge on any atom is 0.338 e. The first-order chi connectivity index (χ1) is 11.3. The van der Waals surface area contributed by atoms with Gasteiger partial charge in [-0.3, -0.25) is 0 Å². The van der Waals surface area contributed by atoms with Crippen molar-refractivity contribution in [3.63, 3.8) is 0 Å². The summed E-state index contributed by atoms with van der Waals surface area (Å²) in [5.41, 5.74) is -0.868. The molecule has 1 aromatic heterocycles. The van der Waals surface area contributed by atoms with Gasteiger partial charge in [-0.15, -0.1) is 0 Å². The van der Waals surface area contributed by atoms with Crippen LogP contribution in [0.1, 0.15) is 29.8 Å². The summed E-state index contributed by atoms with van der Waals surface area (Å²) in [6, 6.07) is 2.83. The third kappa shape index (κ3) is 4.32. The zero-order valence-corrected chi connectivity index (χ0v) is 13.6. The van der Waals surface area contributed by atoms with Crippen LogP contribution in [0.3, 0.4) is 0 Å². The first-order valence-electron chi connectivity index (χ1n) is 6.94. The van der Waals surface area contributed by atoms with Gasteiger partial charge in [0.05, 0.1) is 17.9 Å². The van der Waals surface area contributed by atoms with Gasteiger partial charge in [0.2, 0.25) is 5.88 Å². The molecule has 0 aliphatic carbocycles. The lowest BCUT2D eigenvalue weighted by Crippen LogP contribution is -2.08. The predicted octanol–water partition coefficient (Wildman–Crippen LogP) is 4.08. The second kappa shape index (κ2) is 7.44. The number of rotatable bonds is 6. The number of benzene rings is 1. The quantitative estimate of drug-likeness (QED) is 0.843. The molecule has 0 aliphatic rings. The van der Waals surface area contributed by atoms with E-state index in [0.717, 1.165) is 6.07 Å². The van der Waals surface area contributed by atoms with Crippen LogP contribution in [-0.4, -0.2) is 22.2 Å². The Morgan fingerprint density at radius 3 is 2.58 bits per heavy atom. The average molecular weight is 358 g/mol. The molecule has 1 aromatic carbocycles. The summed E-state index contributed by atoms with van der Waals surface area (Å²) in [4.78, 5) is 14.7. The van der Waals surface area contributed by atoms with Gasteiger partial charge in [-0.05, 0) is 26.0 Å². The summed E-state index contributed by atoms with van der Waals surface area (Å²) in [6.07, 6.45) is 1.23. The van der Waals surface area contributed by atoms with Crippen molar-refractivity contribution in [3.8, 4) is 11.6 Å². The number of nitrogens with zero attached hydrogens (tertiary/aromatic N) is 1. The van der Waals surface area contributed by atoms with Crippen LogP contribution in [0.5, 0.6) is 11.6 Å². The van der Waals surface area contributed by atoms with Crippen LogP contribution in [0, 0.1) is 11.6 Å². The maximum absolute atomic E-state index is 13.8. The van der Waals surface area contributed by atoms with E-state index in [-0.39, 0.29) is 34.9 Å². The lowest BCUT2D eigenvalue weighted by Gasteiger charge is -2.12. The number of pyridine rings is 1. The van der Waals surface area contributed by atoms with E-state index < -0.39 is 23.2 Å². The molecule has 0 unspecified atom stereocenters. The van der Waals surface area contributed by atoms with Crippen molar-refractivity contribution in [3.05, 3.63) is 52.2 Å². The number of aromatic nitrogens is 1. The molecule has 1 heterocycles. The Kier molecular flexibility index (Phi) is 5.56. The minimum atomic E-state index is -1.55. The van der Waals surface area contributed by atoms with Crippen molar-refractivity contribution in [1.29, 1.82) is 0 Å². The molecule has 0 atom stereocenters. The van der Waals surface area contributed by atoms with E-state index in [0.29, 0.717) is 6.07 Å². The van der Waals surface area contributed by atoms with Crippen LogP contribution >= 0.6 is 11.6 Å². The van der Waals surface area contributed by atoms with Crippen LogP contribution in [0.25, 0.3) is 0 Å². The van der Waals surface area contributed by atoms with Gasteiger partial charge in [0.15, 0.2) is 0 Å². The van der Waals surface area contributed by atoms with Crippen molar-refractivity contribution in [2.75, 3.05) is 0 Å². The zero-order chi connectivity index (χ0) is 17.9. The molecule has 0 amide bonds. The average Bonchev–Trinajstić information content (AvgIpc) is 2.49. The maximum atomic E-state index is 13.8. The number of carbonyl (C=O) groups is 1. The minimum absolute atomic E-state index is 0.105. The molecule has 1 N–H and O–H groups in total. The SMILES string of the molecule is CC(C)Oc1ncc(OCc2cc(F)c(C(=O)O)cc2F)cc1Cl. The molecule has 2 aromatic rings. The first kappa shape index (κ1) is 17.9. The van der Waals surface area contributed by atoms with Gasteiger partial charge in [-0.1, -0.05) is 11.6 Å². The van der Waals surface area contributed by atoms with Gasteiger partial charge in [-0.2, -0.15) is 0 Å². The van der Waals surface area contributed by atoms with Gasteiger partial charge in [0, 0.05) is 11.6 Å². The molecule has 0 saturated heterocycles. The van der Waals surface area contributed by atoms with Crippen molar-refractivity contribution < 1.29 is 28.2 Å². The summed E-state index contributed by atoms with van der Waals surface area (Å²) < 4.78 is 38.1. The first-order valence-corrected chi connectivity index (χ1v) is 7.32. The topological polar surface area (TPSA) is 68.7 Å². The molecule has 0 bridgehead atoms. The molecule has 24 heavy (non-hydrogen) atoms. The van der Waals surface area contributed by atoms with E-state index in [4.69, 9.17) is 26.2 Å². The largest absolute Gasteiger partial charge is 0.487 e. The van der Waals surface area contributed by atoms with E-state index in [2.05, 4.69) is 4.98 Å². The molecule has 2 rings (SSSR count). The number of aromatic carboxylic acids is 1. The van der Waals surface area contributed by atoms with Crippen LogP contribution in [0.15, 0.2) is 24.4 Å². The monoisotopic (exact) mass is 357 g/mol. The minimum Gasteiger partial charge on any atom is -0.487 e. The number of halogens is 3. The van der Waals surface area contributed by atoms with Gasteiger partial charge in [0.1, 0.15) is 29.0 Å². The Bertz CT molecular complexity index is 768. The normalized spacial score (nSPS) is 10.8. The molecular formula is C16H14ClF2NO4. The summed E-state index contributed by atoms with van der Waals surface area (Å²) in [5, 5.41) is 8.95. The number of hydrogen-bond donors (Lipinski definition) is 1. The van der Waals surface area contributed by atoms with Crippen LogP contribution in [0.2, 0.25) is 5.02 Å². The highest BCUT2D eigenvalue weighted by atomic mass is 35.5.